The van der Waals surface area contributed by atoms with Gasteiger partial charge in [-0.2, -0.15) is 28.6 Å². The topological polar surface area (TPSA) is 29.9 Å². The van der Waals surface area contributed by atoms with Crippen molar-refractivity contribution in [3.8, 4) is 0 Å². The third kappa shape index (κ3) is 2.92. The largest absolute Gasteiger partial charge is 0.311 e. The van der Waals surface area contributed by atoms with Crippen LogP contribution in [0.2, 0.25) is 0 Å². The number of aryl methyl sites for hydroxylation is 1. The number of thioether (sulfide) groups is 2. The van der Waals surface area contributed by atoms with Gasteiger partial charge in [0.25, 0.3) is 0 Å². The van der Waals surface area contributed by atoms with E-state index in [9.17, 15) is 0 Å². The lowest BCUT2D eigenvalue weighted by Gasteiger charge is -2.34. The van der Waals surface area contributed by atoms with Crippen molar-refractivity contribution in [2.45, 2.75) is 36.9 Å². The summed E-state index contributed by atoms with van der Waals surface area (Å²) in [4.78, 5) is 0. The zero-order valence-electron chi connectivity index (χ0n) is 11.0. The van der Waals surface area contributed by atoms with Gasteiger partial charge in [-0.15, -0.1) is 0 Å². The predicted octanol–water partition coefficient (Wildman–Crippen LogP) is 3.16. The Balaban J connectivity index is 2.29. The van der Waals surface area contributed by atoms with Gasteiger partial charge in [-0.25, -0.2) is 0 Å². The van der Waals surface area contributed by atoms with E-state index in [1.165, 1.54) is 17.2 Å². The van der Waals surface area contributed by atoms with Crippen molar-refractivity contribution >= 4 is 39.5 Å². The smallest absolute Gasteiger partial charge is 0.0707 e. The molecule has 2 rings (SSSR count). The Bertz CT molecular complexity index is 397. The minimum absolute atomic E-state index is 0.356. The molecule has 0 spiro atoms. The standard InChI is InChI=1S/C12H20BrN3S2/c1-4-16-11(9(13)7-15-16)10(14-3)12-8(2)17-5-6-18-12/h7-8,10,12,14H,4-6H2,1-3H3. The van der Waals surface area contributed by atoms with Crippen molar-refractivity contribution in [1.82, 2.24) is 15.1 Å². The average Bonchev–Trinajstić information content (AvgIpc) is 2.74. The van der Waals surface area contributed by atoms with Crippen molar-refractivity contribution in [2.24, 2.45) is 0 Å². The fraction of sp³-hybridized carbons (Fsp3) is 0.750. The van der Waals surface area contributed by atoms with Crippen LogP contribution in [0.4, 0.5) is 0 Å². The molecule has 1 aromatic rings. The molecule has 0 saturated carbocycles. The van der Waals surface area contributed by atoms with Crippen molar-refractivity contribution in [1.29, 1.82) is 0 Å². The van der Waals surface area contributed by atoms with E-state index in [-0.39, 0.29) is 0 Å². The minimum Gasteiger partial charge on any atom is -0.311 e. The van der Waals surface area contributed by atoms with Gasteiger partial charge in [0.05, 0.1) is 22.4 Å². The molecule has 0 radical (unpaired) electrons. The van der Waals surface area contributed by atoms with E-state index in [1.54, 1.807) is 0 Å². The number of halogens is 1. The fourth-order valence-electron chi connectivity index (χ4n) is 2.41. The summed E-state index contributed by atoms with van der Waals surface area (Å²) in [6, 6.07) is 0.356. The maximum absolute atomic E-state index is 4.44. The van der Waals surface area contributed by atoms with Crippen molar-refractivity contribution in [2.75, 3.05) is 18.6 Å². The second-order valence-electron chi connectivity index (χ2n) is 4.37. The SMILES string of the molecule is CCn1ncc(Br)c1C(NC)C1SCCSC1C. The van der Waals surface area contributed by atoms with Crippen LogP contribution in [-0.4, -0.2) is 38.8 Å². The molecule has 18 heavy (non-hydrogen) atoms. The van der Waals surface area contributed by atoms with Crippen LogP contribution in [0.25, 0.3) is 0 Å². The molecule has 0 bridgehead atoms. The monoisotopic (exact) mass is 349 g/mol. The van der Waals surface area contributed by atoms with Crippen molar-refractivity contribution in [3.63, 3.8) is 0 Å². The first-order chi connectivity index (χ1) is 8.69. The Morgan fingerprint density at radius 1 is 1.56 bits per heavy atom. The summed E-state index contributed by atoms with van der Waals surface area (Å²) in [5, 5.41) is 9.21. The van der Waals surface area contributed by atoms with Gasteiger partial charge in [-0.3, -0.25) is 4.68 Å². The summed E-state index contributed by atoms with van der Waals surface area (Å²) in [6.07, 6.45) is 1.91. The van der Waals surface area contributed by atoms with E-state index in [1.807, 2.05) is 6.20 Å². The molecule has 3 unspecified atom stereocenters. The molecule has 1 aromatic heterocycles. The quantitative estimate of drug-likeness (QED) is 0.904. The molecule has 1 aliphatic rings. The minimum atomic E-state index is 0.356. The predicted molar refractivity (Wildman–Crippen MR) is 85.6 cm³/mol. The van der Waals surface area contributed by atoms with Gasteiger partial charge in [0.15, 0.2) is 0 Å². The molecule has 6 heteroatoms. The van der Waals surface area contributed by atoms with Gasteiger partial charge in [0, 0.05) is 28.6 Å². The second-order valence-corrected chi connectivity index (χ2v) is 8.00. The molecule has 1 saturated heterocycles. The first-order valence-corrected chi connectivity index (χ1v) is 9.19. The van der Waals surface area contributed by atoms with E-state index in [0.29, 0.717) is 16.5 Å². The van der Waals surface area contributed by atoms with E-state index in [0.717, 1.165) is 11.0 Å². The molecular formula is C12H20BrN3S2. The molecule has 1 N–H and O–H groups in total. The third-order valence-corrected chi connectivity index (χ3v) is 7.11. The van der Waals surface area contributed by atoms with E-state index < -0.39 is 0 Å². The summed E-state index contributed by atoms with van der Waals surface area (Å²) in [7, 11) is 2.05. The molecule has 3 atom stereocenters. The molecule has 3 nitrogen and oxygen atoms in total. The Kier molecular flexibility index (Phi) is 5.47. The fourth-order valence-corrected chi connectivity index (χ4v) is 5.91. The zero-order valence-corrected chi connectivity index (χ0v) is 14.2. The summed E-state index contributed by atoms with van der Waals surface area (Å²) in [5.41, 5.74) is 1.28. The molecule has 102 valence electrons. The summed E-state index contributed by atoms with van der Waals surface area (Å²) in [6.45, 7) is 5.40. The van der Waals surface area contributed by atoms with Crippen LogP contribution in [0.15, 0.2) is 10.7 Å². The number of hydrogen-bond donors (Lipinski definition) is 1. The number of nitrogens with zero attached hydrogens (tertiary/aromatic N) is 2. The molecule has 1 fully saturated rings. The Morgan fingerprint density at radius 3 is 2.89 bits per heavy atom. The molecule has 0 aliphatic carbocycles. The van der Waals surface area contributed by atoms with Gasteiger partial charge in [0.1, 0.15) is 0 Å². The molecule has 2 heterocycles. The lowest BCUT2D eigenvalue weighted by atomic mass is 10.1. The van der Waals surface area contributed by atoms with Gasteiger partial charge in [-0.1, -0.05) is 6.92 Å². The lowest BCUT2D eigenvalue weighted by molar-refractivity contribution is 0.495. The number of hydrogen-bond acceptors (Lipinski definition) is 4. The zero-order chi connectivity index (χ0) is 13.1. The van der Waals surface area contributed by atoms with E-state index in [2.05, 4.69) is 75.4 Å². The normalized spacial score (nSPS) is 26.2. The lowest BCUT2D eigenvalue weighted by Crippen LogP contribution is -2.37. The Hall–Kier alpha value is 0.350. The van der Waals surface area contributed by atoms with Gasteiger partial charge < -0.3 is 5.32 Å². The molecule has 0 aromatic carbocycles. The maximum atomic E-state index is 4.44. The highest BCUT2D eigenvalue weighted by Gasteiger charge is 2.33. The third-order valence-electron chi connectivity index (χ3n) is 3.30. The highest BCUT2D eigenvalue weighted by atomic mass is 79.9. The summed E-state index contributed by atoms with van der Waals surface area (Å²) >= 11 is 7.81. The molecule has 0 amide bonds. The summed E-state index contributed by atoms with van der Waals surface area (Å²) in [5.74, 6) is 2.52. The highest BCUT2D eigenvalue weighted by molar-refractivity contribution is 9.10. The number of aromatic nitrogens is 2. The van der Waals surface area contributed by atoms with Crippen molar-refractivity contribution < 1.29 is 0 Å². The van der Waals surface area contributed by atoms with Crippen LogP contribution < -0.4 is 5.32 Å². The number of nitrogens with one attached hydrogen (secondary N) is 1. The first kappa shape index (κ1) is 14.8. The summed E-state index contributed by atoms with van der Waals surface area (Å²) < 4.78 is 3.21. The second kappa shape index (κ2) is 6.68. The van der Waals surface area contributed by atoms with E-state index in [4.69, 9.17) is 0 Å². The van der Waals surface area contributed by atoms with Gasteiger partial charge >= 0.3 is 0 Å². The maximum Gasteiger partial charge on any atom is 0.0707 e. The van der Waals surface area contributed by atoms with Gasteiger partial charge in [-0.05, 0) is 29.9 Å². The Labute approximate surface area is 126 Å². The van der Waals surface area contributed by atoms with Crippen LogP contribution in [-0.2, 0) is 6.54 Å². The molecule has 1 aliphatic heterocycles. The van der Waals surface area contributed by atoms with Gasteiger partial charge in [0.2, 0.25) is 0 Å². The van der Waals surface area contributed by atoms with Crippen LogP contribution in [0.5, 0.6) is 0 Å². The van der Waals surface area contributed by atoms with Crippen LogP contribution in [0.1, 0.15) is 25.6 Å². The average molecular weight is 350 g/mol. The molecular weight excluding hydrogens is 330 g/mol. The van der Waals surface area contributed by atoms with Crippen LogP contribution in [0, 0.1) is 0 Å². The first-order valence-electron chi connectivity index (χ1n) is 6.30. The number of rotatable bonds is 4. The Morgan fingerprint density at radius 2 is 2.28 bits per heavy atom. The van der Waals surface area contributed by atoms with Crippen molar-refractivity contribution in [3.05, 3.63) is 16.4 Å². The van der Waals surface area contributed by atoms with Crippen LogP contribution >= 0.6 is 39.5 Å². The van der Waals surface area contributed by atoms with Crippen LogP contribution in [0.3, 0.4) is 0 Å². The highest BCUT2D eigenvalue weighted by Crippen LogP contribution is 2.40. The van der Waals surface area contributed by atoms with E-state index >= 15 is 0 Å².